The number of halogens is 1. The lowest BCUT2D eigenvalue weighted by molar-refractivity contribution is -0.121. The Bertz CT molecular complexity index is 693. The van der Waals surface area contributed by atoms with Crippen LogP contribution in [0.25, 0.3) is 0 Å². The Morgan fingerprint density at radius 3 is 2.50 bits per heavy atom. The van der Waals surface area contributed by atoms with Crippen molar-refractivity contribution in [2.75, 3.05) is 14.1 Å². The summed E-state index contributed by atoms with van der Waals surface area (Å²) >= 11 is 5.84. The van der Waals surface area contributed by atoms with E-state index in [2.05, 4.69) is 5.32 Å². The number of hydrogen-bond acceptors (Lipinski definition) is 3. The van der Waals surface area contributed by atoms with Crippen molar-refractivity contribution in [3.05, 3.63) is 58.5 Å². The van der Waals surface area contributed by atoms with E-state index in [1.165, 1.54) is 4.90 Å². The summed E-state index contributed by atoms with van der Waals surface area (Å²) in [4.78, 5) is 25.0. The van der Waals surface area contributed by atoms with E-state index in [9.17, 15) is 9.59 Å². The van der Waals surface area contributed by atoms with Crippen LogP contribution in [0.1, 0.15) is 34.7 Å². The molecule has 0 unspecified atom stereocenters. The summed E-state index contributed by atoms with van der Waals surface area (Å²) in [5.74, 6) is 0.592. The molecule has 0 radical (unpaired) electrons. The van der Waals surface area contributed by atoms with E-state index in [0.717, 1.165) is 18.4 Å². The van der Waals surface area contributed by atoms with Crippen molar-refractivity contribution < 1.29 is 14.0 Å². The molecule has 2 amide bonds. The van der Waals surface area contributed by atoms with Crippen LogP contribution in [0.2, 0.25) is 5.02 Å². The predicted octanol–water partition coefficient (Wildman–Crippen LogP) is 3.27. The highest BCUT2D eigenvalue weighted by atomic mass is 35.5. The molecule has 2 aromatic rings. The van der Waals surface area contributed by atoms with Crippen molar-refractivity contribution in [1.82, 2.24) is 10.2 Å². The number of aryl methyl sites for hydroxylation is 1. The van der Waals surface area contributed by atoms with Crippen molar-refractivity contribution in [2.45, 2.75) is 25.8 Å². The highest BCUT2D eigenvalue weighted by Crippen LogP contribution is 2.12. The molecule has 0 aliphatic carbocycles. The summed E-state index contributed by atoms with van der Waals surface area (Å²) in [5.41, 5.74) is 1.16. The zero-order chi connectivity index (χ0) is 17.5. The quantitative estimate of drug-likeness (QED) is 0.835. The smallest absolute Gasteiger partial charge is 0.289 e. The van der Waals surface area contributed by atoms with Gasteiger partial charge in [-0.1, -0.05) is 23.7 Å². The van der Waals surface area contributed by atoms with Gasteiger partial charge in [0.15, 0.2) is 5.76 Å². The molecule has 0 saturated heterocycles. The first-order valence-electron chi connectivity index (χ1n) is 7.77. The number of amides is 2. The maximum Gasteiger partial charge on any atom is 0.289 e. The molecule has 0 atom stereocenters. The Morgan fingerprint density at radius 2 is 1.83 bits per heavy atom. The average Bonchev–Trinajstić information content (AvgIpc) is 3.03. The van der Waals surface area contributed by atoms with Gasteiger partial charge in [0, 0.05) is 25.5 Å². The van der Waals surface area contributed by atoms with Gasteiger partial charge < -0.3 is 14.6 Å². The first kappa shape index (κ1) is 18.1. The van der Waals surface area contributed by atoms with Gasteiger partial charge in [-0.25, -0.2) is 0 Å². The Balaban J connectivity index is 1.71. The molecule has 0 aliphatic heterocycles. The molecule has 1 heterocycles. The van der Waals surface area contributed by atoms with Crippen LogP contribution in [-0.4, -0.2) is 30.8 Å². The van der Waals surface area contributed by atoms with Gasteiger partial charge in [-0.05, 0) is 42.7 Å². The minimum Gasteiger partial charge on any atom is -0.454 e. The Hall–Kier alpha value is -2.27. The monoisotopic (exact) mass is 348 g/mol. The topological polar surface area (TPSA) is 62.6 Å². The number of nitrogens with one attached hydrogen (secondary N) is 1. The number of nitrogens with zero attached hydrogens (tertiary/aromatic N) is 1. The standard InChI is InChI=1S/C18H21ClN2O3/c1-21(2)18(23)16-11-10-15(24-16)12-20-17(22)5-3-4-13-6-8-14(19)9-7-13/h6-11H,3-5,12H2,1-2H3,(H,20,22). The van der Waals surface area contributed by atoms with Crippen LogP contribution in [0.3, 0.4) is 0 Å². The highest BCUT2D eigenvalue weighted by molar-refractivity contribution is 6.30. The number of carbonyl (C=O) groups is 2. The fourth-order valence-electron chi connectivity index (χ4n) is 2.19. The van der Waals surface area contributed by atoms with E-state index in [-0.39, 0.29) is 24.1 Å². The molecule has 0 bridgehead atoms. The molecule has 5 nitrogen and oxygen atoms in total. The average molecular weight is 349 g/mol. The fraction of sp³-hybridized carbons (Fsp3) is 0.333. The third-order valence-electron chi connectivity index (χ3n) is 3.52. The van der Waals surface area contributed by atoms with Gasteiger partial charge in [0.05, 0.1) is 6.54 Å². The summed E-state index contributed by atoms with van der Waals surface area (Å²) in [7, 11) is 3.32. The first-order valence-corrected chi connectivity index (χ1v) is 8.15. The highest BCUT2D eigenvalue weighted by Gasteiger charge is 2.13. The molecule has 1 N–H and O–H groups in total. The lowest BCUT2D eigenvalue weighted by atomic mass is 10.1. The summed E-state index contributed by atoms with van der Waals surface area (Å²) in [5, 5.41) is 3.51. The van der Waals surface area contributed by atoms with Gasteiger partial charge in [0.2, 0.25) is 5.91 Å². The number of rotatable bonds is 7. The molecule has 128 valence electrons. The summed E-state index contributed by atoms with van der Waals surface area (Å²) < 4.78 is 5.42. The van der Waals surface area contributed by atoms with Crippen LogP contribution in [0.4, 0.5) is 0 Å². The molecule has 0 fully saturated rings. The van der Waals surface area contributed by atoms with Gasteiger partial charge in [-0.3, -0.25) is 9.59 Å². The third kappa shape index (κ3) is 5.42. The molecule has 0 aliphatic rings. The summed E-state index contributed by atoms with van der Waals surface area (Å²) in [6, 6.07) is 10.9. The lowest BCUT2D eigenvalue weighted by Crippen LogP contribution is -2.22. The second-order valence-corrected chi connectivity index (χ2v) is 6.16. The maximum atomic E-state index is 11.9. The van der Waals surface area contributed by atoms with Gasteiger partial charge in [-0.15, -0.1) is 0 Å². The van der Waals surface area contributed by atoms with Crippen LogP contribution in [-0.2, 0) is 17.8 Å². The third-order valence-corrected chi connectivity index (χ3v) is 3.77. The molecule has 0 saturated carbocycles. The lowest BCUT2D eigenvalue weighted by Gasteiger charge is -2.07. The van der Waals surface area contributed by atoms with E-state index in [1.807, 2.05) is 24.3 Å². The fourth-order valence-corrected chi connectivity index (χ4v) is 2.31. The second kappa shape index (κ2) is 8.55. The van der Waals surface area contributed by atoms with Crippen molar-refractivity contribution >= 4 is 23.4 Å². The Morgan fingerprint density at radius 1 is 1.12 bits per heavy atom. The van der Waals surface area contributed by atoms with Crippen LogP contribution in [0.5, 0.6) is 0 Å². The van der Waals surface area contributed by atoms with Crippen LogP contribution in [0, 0.1) is 0 Å². The molecule has 6 heteroatoms. The number of furan rings is 1. The van der Waals surface area contributed by atoms with Gasteiger partial charge in [-0.2, -0.15) is 0 Å². The Labute approximate surface area is 146 Å². The second-order valence-electron chi connectivity index (χ2n) is 5.72. The summed E-state index contributed by atoms with van der Waals surface area (Å²) in [6.07, 6.45) is 2.02. The first-order chi connectivity index (χ1) is 11.5. The minimum absolute atomic E-state index is 0.0409. The molecule has 2 rings (SSSR count). The van der Waals surface area contributed by atoms with Crippen molar-refractivity contribution in [3.63, 3.8) is 0 Å². The van der Waals surface area contributed by atoms with E-state index < -0.39 is 0 Å². The van der Waals surface area contributed by atoms with Crippen molar-refractivity contribution in [1.29, 1.82) is 0 Å². The molecule has 1 aromatic heterocycles. The SMILES string of the molecule is CN(C)C(=O)c1ccc(CNC(=O)CCCc2ccc(Cl)cc2)o1. The molecular formula is C18H21ClN2O3. The van der Waals surface area contributed by atoms with Crippen molar-refractivity contribution in [2.24, 2.45) is 0 Å². The minimum atomic E-state index is -0.199. The number of carbonyl (C=O) groups excluding carboxylic acids is 2. The molecule has 24 heavy (non-hydrogen) atoms. The van der Waals surface area contributed by atoms with Gasteiger partial charge >= 0.3 is 0 Å². The predicted molar refractivity (Wildman–Crippen MR) is 93.0 cm³/mol. The normalized spacial score (nSPS) is 10.5. The largest absolute Gasteiger partial charge is 0.454 e. The van der Waals surface area contributed by atoms with Gasteiger partial charge in [0.25, 0.3) is 5.91 Å². The zero-order valence-electron chi connectivity index (χ0n) is 13.8. The van der Waals surface area contributed by atoms with E-state index in [0.29, 0.717) is 17.2 Å². The molecule has 0 spiro atoms. The van der Waals surface area contributed by atoms with Crippen molar-refractivity contribution in [3.8, 4) is 0 Å². The van der Waals surface area contributed by atoms with E-state index >= 15 is 0 Å². The number of benzene rings is 1. The van der Waals surface area contributed by atoms with E-state index in [4.69, 9.17) is 16.0 Å². The molecule has 1 aromatic carbocycles. The Kier molecular flexibility index (Phi) is 6.44. The van der Waals surface area contributed by atoms with E-state index in [1.54, 1.807) is 26.2 Å². The van der Waals surface area contributed by atoms with Crippen LogP contribution >= 0.6 is 11.6 Å². The van der Waals surface area contributed by atoms with Crippen LogP contribution in [0.15, 0.2) is 40.8 Å². The summed E-state index contributed by atoms with van der Waals surface area (Å²) in [6.45, 7) is 0.278. The maximum absolute atomic E-state index is 11.9. The van der Waals surface area contributed by atoms with Crippen LogP contribution < -0.4 is 5.32 Å². The number of hydrogen-bond donors (Lipinski definition) is 1. The molecular weight excluding hydrogens is 328 g/mol. The zero-order valence-corrected chi connectivity index (χ0v) is 14.6. The van der Waals surface area contributed by atoms with Gasteiger partial charge in [0.1, 0.15) is 5.76 Å².